The van der Waals surface area contributed by atoms with Crippen LogP contribution in [0.1, 0.15) is 16.2 Å². The van der Waals surface area contributed by atoms with E-state index in [-0.39, 0.29) is 11.5 Å². The van der Waals surface area contributed by atoms with Crippen LogP contribution in [0.25, 0.3) is 0 Å². The number of hydrogen-bond donors (Lipinski definition) is 2. The van der Waals surface area contributed by atoms with Gasteiger partial charge in [0.2, 0.25) is 11.5 Å². The molecule has 2 heterocycles. The number of pyridine rings is 1. The maximum Gasteiger partial charge on any atom is 0.362 e. The molecule has 0 bridgehead atoms. The van der Waals surface area contributed by atoms with E-state index in [1.54, 1.807) is 18.3 Å². The summed E-state index contributed by atoms with van der Waals surface area (Å²) in [6.45, 7) is 0.356. The molecule has 0 aromatic carbocycles. The Morgan fingerprint density at radius 1 is 1.44 bits per heavy atom. The van der Waals surface area contributed by atoms with Crippen LogP contribution in [0.2, 0.25) is 0 Å². The molecule has 16 heavy (non-hydrogen) atoms. The van der Waals surface area contributed by atoms with Crippen LogP contribution < -0.4 is 5.32 Å². The summed E-state index contributed by atoms with van der Waals surface area (Å²) in [6.07, 6.45) is 1.65. The number of carboxylic acid groups (broad SMARTS) is 1. The van der Waals surface area contributed by atoms with Crippen molar-refractivity contribution < 1.29 is 14.5 Å². The molecule has 2 aromatic rings. The largest absolute Gasteiger partial charge is 0.476 e. The third kappa shape index (κ3) is 2.14. The Kier molecular flexibility index (Phi) is 2.77. The molecule has 0 spiro atoms. The van der Waals surface area contributed by atoms with Crippen molar-refractivity contribution in [3.63, 3.8) is 0 Å². The van der Waals surface area contributed by atoms with E-state index in [0.29, 0.717) is 6.54 Å². The Hall–Kier alpha value is -2.44. The molecule has 7 heteroatoms. The van der Waals surface area contributed by atoms with Crippen molar-refractivity contribution in [2.45, 2.75) is 6.54 Å². The van der Waals surface area contributed by atoms with Crippen LogP contribution in [0.5, 0.6) is 0 Å². The average Bonchev–Trinajstić information content (AvgIpc) is 2.76. The number of nitrogens with one attached hydrogen (secondary N) is 1. The lowest BCUT2D eigenvalue weighted by molar-refractivity contribution is 0.0685. The molecule has 2 aromatic heterocycles. The zero-order valence-electron chi connectivity index (χ0n) is 8.12. The minimum Gasteiger partial charge on any atom is -0.476 e. The van der Waals surface area contributed by atoms with Gasteiger partial charge in [-0.25, -0.2) is 9.42 Å². The van der Waals surface area contributed by atoms with E-state index in [9.17, 15) is 4.79 Å². The molecule has 0 atom stereocenters. The van der Waals surface area contributed by atoms with Gasteiger partial charge in [-0.2, -0.15) is 0 Å². The zero-order chi connectivity index (χ0) is 11.4. The van der Waals surface area contributed by atoms with Crippen molar-refractivity contribution >= 4 is 11.8 Å². The Balaban J connectivity index is 2.05. The summed E-state index contributed by atoms with van der Waals surface area (Å²) < 4.78 is 4.33. The fourth-order valence-corrected chi connectivity index (χ4v) is 1.12. The second-order valence-corrected chi connectivity index (χ2v) is 2.94. The van der Waals surface area contributed by atoms with Gasteiger partial charge in [-0.05, 0) is 22.4 Å². The molecule has 0 aliphatic carbocycles. The fraction of sp³-hybridized carbons (Fsp3) is 0.111. The minimum atomic E-state index is -1.19. The van der Waals surface area contributed by atoms with E-state index in [1.165, 1.54) is 0 Å². The third-order valence-electron chi connectivity index (χ3n) is 1.85. The van der Waals surface area contributed by atoms with Gasteiger partial charge < -0.3 is 10.4 Å². The predicted octanol–water partition coefficient (Wildman–Crippen LogP) is 0.775. The lowest BCUT2D eigenvalue weighted by Crippen LogP contribution is -2.06. The van der Waals surface area contributed by atoms with E-state index in [1.807, 2.05) is 6.07 Å². The van der Waals surface area contributed by atoms with Crippen LogP contribution in [0.3, 0.4) is 0 Å². The molecule has 2 N–H and O–H groups in total. The summed E-state index contributed by atoms with van der Waals surface area (Å²) in [5.74, 6) is -1.09. The van der Waals surface area contributed by atoms with E-state index >= 15 is 0 Å². The van der Waals surface area contributed by atoms with Crippen molar-refractivity contribution in [2.75, 3.05) is 5.32 Å². The van der Waals surface area contributed by atoms with Crippen LogP contribution in [-0.4, -0.2) is 26.4 Å². The molecule has 0 radical (unpaired) electrons. The van der Waals surface area contributed by atoms with Gasteiger partial charge in [0.05, 0.1) is 12.2 Å². The van der Waals surface area contributed by atoms with Crippen molar-refractivity contribution in [1.29, 1.82) is 0 Å². The number of anilines is 1. The normalized spacial score (nSPS) is 10.0. The number of nitrogens with zero attached hydrogens (tertiary/aromatic N) is 3. The summed E-state index contributed by atoms with van der Waals surface area (Å²) >= 11 is 0. The van der Waals surface area contributed by atoms with Gasteiger partial charge in [-0.1, -0.05) is 6.07 Å². The van der Waals surface area contributed by atoms with Crippen LogP contribution in [0, 0.1) is 0 Å². The second-order valence-electron chi connectivity index (χ2n) is 2.94. The van der Waals surface area contributed by atoms with Gasteiger partial charge in [0, 0.05) is 6.20 Å². The predicted molar refractivity (Wildman–Crippen MR) is 52.8 cm³/mol. The zero-order valence-corrected chi connectivity index (χ0v) is 8.12. The highest BCUT2D eigenvalue weighted by Gasteiger charge is 2.16. The summed E-state index contributed by atoms with van der Waals surface area (Å²) in [7, 11) is 0. The maximum absolute atomic E-state index is 10.7. The second kappa shape index (κ2) is 4.39. The van der Waals surface area contributed by atoms with Gasteiger partial charge in [0.25, 0.3) is 0 Å². The van der Waals surface area contributed by atoms with Crippen LogP contribution >= 0.6 is 0 Å². The van der Waals surface area contributed by atoms with Crippen molar-refractivity contribution in [3.8, 4) is 0 Å². The van der Waals surface area contributed by atoms with Crippen LogP contribution in [0.4, 0.5) is 5.82 Å². The topological polar surface area (TPSA) is 101 Å². The number of carbonyl (C=O) groups is 1. The number of aromatic carboxylic acids is 1. The average molecular weight is 220 g/mol. The Morgan fingerprint density at radius 2 is 2.31 bits per heavy atom. The first-order valence-corrected chi connectivity index (χ1v) is 4.47. The van der Waals surface area contributed by atoms with Gasteiger partial charge in [0.1, 0.15) is 0 Å². The monoisotopic (exact) mass is 220 g/mol. The number of aromatic nitrogens is 3. The number of carboxylic acids is 1. The van der Waals surface area contributed by atoms with Gasteiger partial charge in [-0.15, -0.1) is 0 Å². The first kappa shape index (κ1) is 10.1. The highest BCUT2D eigenvalue weighted by atomic mass is 16.6. The van der Waals surface area contributed by atoms with Gasteiger partial charge in [0.15, 0.2) is 0 Å². The van der Waals surface area contributed by atoms with Crippen molar-refractivity contribution in [1.82, 2.24) is 15.3 Å². The summed E-state index contributed by atoms with van der Waals surface area (Å²) in [5, 5.41) is 18.2. The van der Waals surface area contributed by atoms with E-state index < -0.39 is 5.97 Å². The molecular formula is C9H8N4O3. The van der Waals surface area contributed by atoms with Crippen molar-refractivity contribution in [3.05, 3.63) is 35.8 Å². The third-order valence-corrected chi connectivity index (χ3v) is 1.85. The summed E-state index contributed by atoms with van der Waals surface area (Å²) in [5.41, 5.74) is 0.526. The van der Waals surface area contributed by atoms with Gasteiger partial charge in [-0.3, -0.25) is 4.98 Å². The van der Waals surface area contributed by atoms with Gasteiger partial charge >= 0.3 is 5.97 Å². The lowest BCUT2D eigenvalue weighted by Gasteiger charge is -2.01. The molecule has 7 nitrogen and oxygen atoms in total. The van der Waals surface area contributed by atoms with Crippen LogP contribution in [0.15, 0.2) is 29.0 Å². The molecule has 0 fully saturated rings. The van der Waals surface area contributed by atoms with E-state index in [0.717, 1.165) is 5.69 Å². The molecule has 0 saturated heterocycles. The van der Waals surface area contributed by atoms with E-state index in [2.05, 4.69) is 25.2 Å². The van der Waals surface area contributed by atoms with Crippen LogP contribution in [-0.2, 0) is 6.54 Å². The minimum absolute atomic E-state index is 0.0955. The standard InChI is InChI=1S/C9H8N4O3/c14-9(15)7-8(13-16-12-7)11-5-6-3-1-2-4-10-6/h1-4H,5H2,(H,11,13)(H,14,15). The Labute approximate surface area is 90.1 Å². The lowest BCUT2D eigenvalue weighted by atomic mass is 10.3. The molecule has 82 valence electrons. The molecule has 0 saturated carbocycles. The highest BCUT2D eigenvalue weighted by Crippen LogP contribution is 2.10. The fourth-order valence-electron chi connectivity index (χ4n) is 1.12. The molecular weight excluding hydrogens is 212 g/mol. The summed E-state index contributed by atoms with van der Waals surface area (Å²) in [6, 6.07) is 5.44. The maximum atomic E-state index is 10.7. The molecule has 0 aliphatic rings. The Morgan fingerprint density at radius 3 is 3.00 bits per heavy atom. The smallest absolute Gasteiger partial charge is 0.362 e. The molecule has 0 amide bonds. The summed E-state index contributed by atoms with van der Waals surface area (Å²) in [4.78, 5) is 14.7. The van der Waals surface area contributed by atoms with Crippen molar-refractivity contribution in [2.24, 2.45) is 0 Å². The quantitative estimate of drug-likeness (QED) is 0.784. The van der Waals surface area contributed by atoms with E-state index in [4.69, 9.17) is 5.11 Å². The SMILES string of the molecule is O=C(O)c1nonc1NCc1ccccn1. The number of hydrogen-bond acceptors (Lipinski definition) is 6. The molecule has 0 aliphatic heterocycles. The first-order chi connectivity index (χ1) is 7.77. The molecule has 2 rings (SSSR count). The first-order valence-electron chi connectivity index (χ1n) is 4.47. The Bertz CT molecular complexity index is 483. The molecule has 0 unspecified atom stereocenters. The highest BCUT2D eigenvalue weighted by molar-refractivity contribution is 5.90. The number of rotatable bonds is 4.